The summed E-state index contributed by atoms with van der Waals surface area (Å²) in [5.74, 6) is 0.278. The molecular weight excluding hydrogens is 296 g/mol. The van der Waals surface area contributed by atoms with Crippen LogP contribution in [0.1, 0.15) is 27.9 Å². The topological polar surface area (TPSA) is 66.9 Å². The van der Waals surface area contributed by atoms with Crippen molar-refractivity contribution in [3.8, 4) is 0 Å². The molecule has 0 aliphatic heterocycles. The molecule has 5 nitrogen and oxygen atoms in total. The lowest BCUT2D eigenvalue weighted by Gasteiger charge is -2.05. The van der Waals surface area contributed by atoms with Crippen LogP contribution in [0.25, 0.3) is 0 Å². The lowest BCUT2D eigenvalue weighted by molar-refractivity contribution is 0.102. The number of pyridine rings is 1. The summed E-state index contributed by atoms with van der Waals surface area (Å²) in [6.45, 7) is 4.03. The average Bonchev–Trinajstić information content (AvgIpc) is 2.78. The van der Waals surface area contributed by atoms with Gasteiger partial charge in [-0.1, -0.05) is 18.5 Å². The van der Waals surface area contributed by atoms with Gasteiger partial charge in [-0.25, -0.2) is 9.97 Å². The normalized spacial score (nSPS) is 10.4. The molecule has 0 atom stereocenters. The molecule has 0 radical (unpaired) electrons. The second-order valence-electron chi connectivity index (χ2n) is 4.13. The number of nitrogens with one attached hydrogen (secondary N) is 2. The van der Waals surface area contributed by atoms with Crippen LogP contribution in [0.5, 0.6) is 0 Å². The highest BCUT2D eigenvalue weighted by Crippen LogP contribution is 2.24. The smallest absolute Gasteiger partial charge is 0.259 e. The number of carbonyl (C=O) groups is 1. The van der Waals surface area contributed by atoms with E-state index < -0.39 is 0 Å². The van der Waals surface area contributed by atoms with Crippen LogP contribution in [0.3, 0.4) is 0 Å². The molecule has 0 spiro atoms. The van der Waals surface area contributed by atoms with Gasteiger partial charge in [0.2, 0.25) is 0 Å². The highest BCUT2D eigenvalue weighted by atomic mass is 35.5. The second-order valence-corrected chi connectivity index (χ2v) is 5.74. The van der Waals surface area contributed by atoms with Gasteiger partial charge in [0, 0.05) is 18.1 Å². The van der Waals surface area contributed by atoms with E-state index in [1.54, 1.807) is 13.1 Å². The van der Waals surface area contributed by atoms with E-state index in [0.717, 1.165) is 17.0 Å². The van der Waals surface area contributed by atoms with E-state index in [2.05, 4.69) is 20.6 Å². The zero-order valence-corrected chi connectivity index (χ0v) is 13.0. The van der Waals surface area contributed by atoms with Crippen molar-refractivity contribution < 1.29 is 4.79 Å². The molecule has 0 fully saturated rings. The zero-order chi connectivity index (χ0) is 14.7. The van der Waals surface area contributed by atoms with Crippen LogP contribution in [0.2, 0.25) is 5.02 Å². The van der Waals surface area contributed by atoms with Crippen molar-refractivity contribution in [1.29, 1.82) is 0 Å². The number of carbonyl (C=O) groups excluding carboxylic acids is 1. The number of aryl methyl sites for hydroxylation is 2. The van der Waals surface area contributed by atoms with Crippen LogP contribution in [0, 0.1) is 6.92 Å². The monoisotopic (exact) mass is 310 g/mol. The Morgan fingerprint density at radius 3 is 2.80 bits per heavy atom. The molecule has 1 amide bonds. The van der Waals surface area contributed by atoms with Crippen LogP contribution in [0.15, 0.2) is 12.3 Å². The fourth-order valence-electron chi connectivity index (χ4n) is 1.72. The van der Waals surface area contributed by atoms with Gasteiger partial charge in [-0.2, -0.15) is 0 Å². The molecule has 106 valence electrons. The number of thiazole rings is 1. The minimum Gasteiger partial charge on any atom is -0.372 e. The fraction of sp³-hybridized carbons (Fsp3) is 0.308. The fourth-order valence-corrected chi connectivity index (χ4v) is 2.88. The molecule has 2 heterocycles. The molecule has 0 aromatic carbocycles. The van der Waals surface area contributed by atoms with Crippen LogP contribution in [0.4, 0.5) is 10.9 Å². The predicted molar refractivity (Wildman–Crippen MR) is 83.0 cm³/mol. The molecule has 0 aliphatic carbocycles. The van der Waals surface area contributed by atoms with Gasteiger partial charge in [0.15, 0.2) is 5.13 Å². The maximum atomic E-state index is 12.1. The molecule has 7 heteroatoms. The minimum atomic E-state index is -0.265. The summed E-state index contributed by atoms with van der Waals surface area (Å²) in [6.07, 6.45) is 2.33. The summed E-state index contributed by atoms with van der Waals surface area (Å²) in [7, 11) is 1.72. The van der Waals surface area contributed by atoms with Gasteiger partial charge in [-0.15, -0.1) is 11.3 Å². The Morgan fingerprint density at radius 1 is 1.50 bits per heavy atom. The Labute approximate surface area is 126 Å². The van der Waals surface area contributed by atoms with Gasteiger partial charge in [0.25, 0.3) is 5.91 Å². The third-order valence-corrected chi connectivity index (χ3v) is 4.00. The molecule has 0 saturated heterocycles. The Hall–Kier alpha value is -1.66. The number of halogens is 1. The molecule has 2 aromatic heterocycles. The van der Waals surface area contributed by atoms with Crippen molar-refractivity contribution >= 4 is 39.8 Å². The summed E-state index contributed by atoms with van der Waals surface area (Å²) < 4.78 is 0. The first-order chi connectivity index (χ1) is 9.55. The van der Waals surface area contributed by atoms with E-state index >= 15 is 0 Å². The first kappa shape index (κ1) is 14.7. The number of rotatable bonds is 4. The van der Waals surface area contributed by atoms with Crippen molar-refractivity contribution in [2.45, 2.75) is 20.3 Å². The summed E-state index contributed by atoms with van der Waals surface area (Å²) >= 11 is 7.48. The Bertz CT molecular complexity index is 641. The highest BCUT2D eigenvalue weighted by molar-refractivity contribution is 7.15. The lowest BCUT2D eigenvalue weighted by atomic mass is 10.2. The van der Waals surface area contributed by atoms with Crippen LogP contribution >= 0.6 is 22.9 Å². The number of anilines is 2. The van der Waals surface area contributed by atoms with E-state index in [0.29, 0.717) is 21.5 Å². The van der Waals surface area contributed by atoms with Crippen LogP contribution in [-0.4, -0.2) is 22.9 Å². The van der Waals surface area contributed by atoms with Crippen molar-refractivity contribution in [2.75, 3.05) is 17.7 Å². The predicted octanol–water partition coefficient (Wildman–Crippen LogP) is 3.36. The standard InChI is InChI=1S/C13H15ClN4OS/c1-4-10-7(2)20-13(17-10)18-12(19)8-5-9(14)11(15-3)16-6-8/h5-6H,4H2,1-3H3,(H,15,16)(H,17,18,19). The third-order valence-electron chi connectivity index (χ3n) is 2.79. The highest BCUT2D eigenvalue weighted by Gasteiger charge is 2.13. The quantitative estimate of drug-likeness (QED) is 0.908. The molecule has 2 N–H and O–H groups in total. The Balaban J connectivity index is 2.17. The summed E-state index contributed by atoms with van der Waals surface area (Å²) in [5.41, 5.74) is 1.41. The van der Waals surface area contributed by atoms with Gasteiger partial charge >= 0.3 is 0 Å². The third kappa shape index (κ3) is 3.08. The van der Waals surface area contributed by atoms with Gasteiger partial charge in [-0.05, 0) is 19.4 Å². The summed E-state index contributed by atoms with van der Waals surface area (Å²) in [6, 6.07) is 1.58. The lowest BCUT2D eigenvalue weighted by Crippen LogP contribution is -2.12. The largest absolute Gasteiger partial charge is 0.372 e. The van der Waals surface area contributed by atoms with Gasteiger partial charge in [-0.3, -0.25) is 10.1 Å². The molecule has 2 rings (SSSR count). The van der Waals surface area contributed by atoms with E-state index in [9.17, 15) is 4.79 Å². The van der Waals surface area contributed by atoms with Crippen molar-refractivity contribution in [2.24, 2.45) is 0 Å². The van der Waals surface area contributed by atoms with E-state index in [4.69, 9.17) is 11.6 Å². The molecule has 0 unspecified atom stereocenters. The number of hydrogen-bond donors (Lipinski definition) is 2. The number of hydrogen-bond acceptors (Lipinski definition) is 5. The minimum absolute atomic E-state index is 0.265. The number of nitrogens with zero attached hydrogens (tertiary/aromatic N) is 2. The summed E-state index contributed by atoms with van der Waals surface area (Å²) in [4.78, 5) is 21.7. The number of amides is 1. The van der Waals surface area contributed by atoms with Gasteiger partial charge in [0.1, 0.15) is 5.82 Å². The summed E-state index contributed by atoms with van der Waals surface area (Å²) in [5, 5.41) is 6.61. The van der Waals surface area contributed by atoms with Crippen molar-refractivity contribution in [3.05, 3.63) is 33.4 Å². The SMILES string of the molecule is CCc1nc(NC(=O)c2cnc(NC)c(Cl)c2)sc1C. The van der Waals surface area contributed by atoms with E-state index in [-0.39, 0.29) is 5.91 Å². The molecule has 0 bridgehead atoms. The van der Waals surface area contributed by atoms with Gasteiger partial charge in [0.05, 0.1) is 16.3 Å². The second kappa shape index (κ2) is 6.19. The Kier molecular flexibility index (Phi) is 4.57. The van der Waals surface area contributed by atoms with Crippen LogP contribution in [-0.2, 0) is 6.42 Å². The van der Waals surface area contributed by atoms with E-state index in [1.165, 1.54) is 17.5 Å². The van der Waals surface area contributed by atoms with Crippen LogP contribution < -0.4 is 10.6 Å². The zero-order valence-electron chi connectivity index (χ0n) is 11.5. The van der Waals surface area contributed by atoms with Crippen molar-refractivity contribution in [1.82, 2.24) is 9.97 Å². The molecule has 2 aromatic rings. The first-order valence-corrected chi connectivity index (χ1v) is 7.35. The van der Waals surface area contributed by atoms with Crippen molar-refractivity contribution in [3.63, 3.8) is 0 Å². The maximum Gasteiger partial charge on any atom is 0.259 e. The van der Waals surface area contributed by atoms with Gasteiger partial charge < -0.3 is 5.32 Å². The molecule has 0 aliphatic rings. The first-order valence-electron chi connectivity index (χ1n) is 6.16. The molecular formula is C13H15ClN4OS. The van der Waals surface area contributed by atoms with E-state index in [1.807, 2.05) is 13.8 Å². The Morgan fingerprint density at radius 2 is 2.25 bits per heavy atom. The number of aromatic nitrogens is 2. The average molecular weight is 311 g/mol. The maximum absolute atomic E-state index is 12.1. The molecule has 0 saturated carbocycles. The molecule has 20 heavy (non-hydrogen) atoms.